The number of ether oxygens (including phenoxy) is 1. The lowest BCUT2D eigenvalue weighted by Crippen LogP contribution is -2.38. The number of likely N-dealkylation sites (N-methyl/N-ethyl adjacent to an activating group) is 1. The number of likely N-dealkylation sites (tertiary alicyclic amines) is 1. The number of carbonyl (C=O) groups excluding carboxylic acids is 2. The van der Waals surface area contributed by atoms with Gasteiger partial charge >= 0.3 is 0 Å². The topological polar surface area (TPSA) is 49.9 Å². The molecule has 1 aliphatic heterocycles. The maximum Gasteiger partial charge on any atom is 0.242 e. The van der Waals surface area contributed by atoms with Gasteiger partial charge in [0, 0.05) is 38.0 Å². The first-order valence-corrected chi connectivity index (χ1v) is 9.36. The predicted molar refractivity (Wildman–Crippen MR) is 104 cm³/mol. The minimum atomic E-state index is -0.0663. The Kier molecular flexibility index (Phi) is 6.12. The lowest BCUT2D eigenvalue weighted by molar-refractivity contribution is -0.137. The zero-order chi connectivity index (χ0) is 19.2. The number of para-hydroxylation sites is 1. The zero-order valence-corrected chi connectivity index (χ0v) is 15.9. The first-order chi connectivity index (χ1) is 13.1. The molecule has 1 aliphatic rings. The van der Waals surface area contributed by atoms with Gasteiger partial charge in [-0.05, 0) is 18.6 Å². The molecule has 0 unspecified atom stereocenters. The van der Waals surface area contributed by atoms with E-state index in [1.807, 2.05) is 61.5 Å². The van der Waals surface area contributed by atoms with E-state index in [1.54, 1.807) is 16.8 Å². The highest BCUT2D eigenvalue weighted by atomic mass is 16.5. The van der Waals surface area contributed by atoms with E-state index in [0.29, 0.717) is 26.1 Å². The third-order valence-electron chi connectivity index (χ3n) is 4.92. The lowest BCUT2D eigenvalue weighted by atomic mass is 9.99. The van der Waals surface area contributed by atoms with Gasteiger partial charge in [0.2, 0.25) is 11.8 Å². The van der Waals surface area contributed by atoms with Crippen LogP contribution in [0.5, 0.6) is 5.75 Å². The maximum atomic E-state index is 12.7. The molecule has 1 heterocycles. The van der Waals surface area contributed by atoms with Crippen molar-refractivity contribution in [2.24, 2.45) is 0 Å². The third-order valence-corrected chi connectivity index (χ3v) is 4.92. The van der Waals surface area contributed by atoms with Gasteiger partial charge in [0.1, 0.15) is 5.75 Å². The molecule has 1 atom stereocenters. The first kappa shape index (κ1) is 19.0. The van der Waals surface area contributed by atoms with E-state index in [-0.39, 0.29) is 24.3 Å². The molecule has 5 heteroatoms. The molecular weight excluding hydrogens is 340 g/mol. The molecule has 1 fully saturated rings. The van der Waals surface area contributed by atoms with Gasteiger partial charge in [-0.15, -0.1) is 0 Å². The minimum absolute atomic E-state index is 0.0420. The molecule has 142 valence electrons. The van der Waals surface area contributed by atoms with Crippen LogP contribution in [0.2, 0.25) is 0 Å². The summed E-state index contributed by atoms with van der Waals surface area (Å²) < 4.78 is 5.63. The summed E-state index contributed by atoms with van der Waals surface area (Å²) in [4.78, 5) is 28.3. The number of nitrogens with zero attached hydrogens (tertiary/aromatic N) is 2. The Bertz CT molecular complexity index is 791. The van der Waals surface area contributed by atoms with Crippen LogP contribution >= 0.6 is 0 Å². The third kappa shape index (κ3) is 4.67. The van der Waals surface area contributed by atoms with Crippen molar-refractivity contribution in [2.75, 3.05) is 26.7 Å². The van der Waals surface area contributed by atoms with E-state index in [9.17, 15) is 9.59 Å². The zero-order valence-electron chi connectivity index (χ0n) is 15.9. The largest absolute Gasteiger partial charge is 0.494 e. The Hall–Kier alpha value is -2.82. The molecule has 0 aliphatic carbocycles. The molecule has 2 aromatic rings. The van der Waals surface area contributed by atoms with Crippen molar-refractivity contribution in [2.45, 2.75) is 25.8 Å². The molecule has 2 aromatic carbocycles. The SMILES string of the molecule is CCOc1ccccc1CN(C)C(=O)CN1C[C@H](c2ccccc2)CC1=O. The summed E-state index contributed by atoms with van der Waals surface area (Å²) in [6.45, 7) is 3.69. The van der Waals surface area contributed by atoms with Crippen molar-refractivity contribution in [1.82, 2.24) is 9.80 Å². The van der Waals surface area contributed by atoms with Gasteiger partial charge in [-0.1, -0.05) is 48.5 Å². The molecule has 0 saturated carbocycles. The van der Waals surface area contributed by atoms with Crippen LogP contribution in [0.15, 0.2) is 54.6 Å². The van der Waals surface area contributed by atoms with Crippen LogP contribution in [0, 0.1) is 0 Å². The maximum absolute atomic E-state index is 12.7. The monoisotopic (exact) mass is 366 g/mol. The second-order valence-corrected chi connectivity index (χ2v) is 6.88. The Morgan fingerprint density at radius 1 is 1.15 bits per heavy atom. The minimum Gasteiger partial charge on any atom is -0.494 e. The van der Waals surface area contributed by atoms with Crippen LogP contribution < -0.4 is 4.74 Å². The van der Waals surface area contributed by atoms with Crippen LogP contribution in [-0.2, 0) is 16.1 Å². The first-order valence-electron chi connectivity index (χ1n) is 9.36. The van der Waals surface area contributed by atoms with Crippen molar-refractivity contribution in [3.05, 3.63) is 65.7 Å². The van der Waals surface area contributed by atoms with E-state index >= 15 is 0 Å². The number of hydrogen-bond donors (Lipinski definition) is 0. The van der Waals surface area contributed by atoms with Crippen LogP contribution in [0.4, 0.5) is 0 Å². The lowest BCUT2D eigenvalue weighted by Gasteiger charge is -2.23. The molecule has 0 radical (unpaired) electrons. The summed E-state index contributed by atoms with van der Waals surface area (Å²) in [5.41, 5.74) is 2.12. The Morgan fingerprint density at radius 3 is 2.59 bits per heavy atom. The van der Waals surface area contributed by atoms with Crippen LogP contribution in [0.3, 0.4) is 0 Å². The molecular formula is C22H26N2O3. The summed E-state index contributed by atoms with van der Waals surface area (Å²) in [5, 5.41) is 0. The molecule has 0 N–H and O–H groups in total. The smallest absolute Gasteiger partial charge is 0.242 e. The second kappa shape index (κ2) is 8.71. The van der Waals surface area contributed by atoms with Crippen LogP contribution in [-0.4, -0.2) is 48.4 Å². The number of amides is 2. The standard InChI is InChI=1S/C22H26N2O3/c1-3-27-20-12-8-7-11-18(20)14-23(2)22(26)16-24-15-19(13-21(24)25)17-9-5-4-6-10-17/h4-12,19H,3,13-16H2,1-2H3/t19-/m1/s1. The molecule has 2 amide bonds. The number of rotatable bonds is 7. The predicted octanol–water partition coefficient (Wildman–Crippen LogP) is 3.06. The summed E-state index contributed by atoms with van der Waals surface area (Å²) >= 11 is 0. The van der Waals surface area contributed by atoms with Crippen molar-refractivity contribution in [3.8, 4) is 5.75 Å². The van der Waals surface area contributed by atoms with Crippen molar-refractivity contribution in [3.63, 3.8) is 0 Å². The Labute approximate surface area is 160 Å². The molecule has 1 saturated heterocycles. The van der Waals surface area contributed by atoms with Crippen LogP contribution in [0.25, 0.3) is 0 Å². The van der Waals surface area contributed by atoms with Gasteiger partial charge in [0.25, 0.3) is 0 Å². The van der Waals surface area contributed by atoms with Crippen molar-refractivity contribution >= 4 is 11.8 Å². The van der Waals surface area contributed by atoms with Gasteiger partial charge in [-0.3, -0.25) is 9.59 Å². The van der Waals surface area contributed by atoms with Gasteiger partial charge in [0.15, 0.2) is 0 Å². The molecule has 3 rings (SSSR count). The van der Waals surface area contributed by atoms with E-state index in [0.717, 1.165) is 16.9 Å². The number of benzene rings is 2. The fraction of sp³-hybridized carbons (Fsp3) is 0.364. The molecule has 0 spiro atoms. The summed E-state index contributed by atoms with van der Waals surface area (Å²) in [5.74, 6) is 0.931. The second-order valence-electron chi connectivity index (χ2n) is 6.88. The fourth-order valence-electron chi connectivity index (χ4n) is 3.43. The van der Waals surface area contributed by atoms with E-state index in [2.05, 4.69) is 0 Å². The molecule has 0 aromatic heterocycles. The molecule has 27 heavy (non-hydrogen) atoms. The average molecular weight is 366 g/mol. The summed E-state index contributed by atoms with van der Waals surface area (Å²) in [6.07, 6.45) is 0.466. The van der Waals surface area contributed by atoms with E-state index in [4.69, 9.17) is 4.74 Å². The van der Waals surface area contributed by atoms with Crippen molar-refractivity contribution < 1.29 is 14.3 Å². The van der Waals surface area contributed by atoms with Crippen LogP contribution in [0.1, 0.15) is 30.4 Å². The van der Waals surface area contributed by atoms with E-state index < -0.39 is 0 Å². The number of carbonyl (C=O) groups is 2. The van der Waals surface area contributed by atoms with Crippen molar-refractivity contribution in [1.29, 1.82) is 0 Å². The quantitative estimate of drug-likeness (QED) is 0.757. The normalized spacial score (nSPS) is 16.4. The Balaban J connectivity index is 1.59. The molecule has 5 nitrogen and oxygen atoms in total. The van der Waals surface area contributed by atoms with E-state index in [1.165, 1.54) is 0 Å². The average Bonchev–Trinajstić information content (AvgIpc) is 3.04. The van der Waals surface area contributed by atoms with Gasteiger partial charge in [-0.25, -0.2) is 0 Å². The highest BCUT2D eigenvalue weighted by Crippen LogP contribution is 2.28. The van der Waals surface area contributed by atoms with Gasteiger partial charge in [0.05, 0.1) is 13.2 Å². The van der Waals surface area contributed by atoms with Gasteiger partial charge < -0.3 is 14.5 Å². The summed E-state index contributed by atoms with van der Waals surface area (Å²) in [7, 11) is 1.76. The fourth-order valence-corrected chi connectivity index (χ4v) is 3.43. The van der Waals surface area contributed by atoms with Gasteiger partial charge in [-0.2, -0.15) is 0 Å². The highest BCUT2D eigenvalue weighted by Gasteiger charge is 2.32. The number of hydrogen-bond acceptors (Lipinski definition) is 3. The Morgan fingerprint density at radius 2 is 1.85 bits per heavy atom. The highest BCUT2D eigenvalue weighted by molar-refractivity contribution is 5.86. The summed E-state index contributed by atoms with van der Waals surface area (Å²) in [6, 6.07) is 17.7. The molecule has 0 bridgehead atoms.